The van der Waals surface area contributed by atoms with Crippen molar-refractivity contribution in [2.24, 2.45) is 0 Å². The van der Waals surface area contributed by atoms with Crippen molar-refractivity contribution in [3.05, 3.63) is 65.7 Å². The molecule has 0 saturated carbocycles. The van der Waals surface area contributed by atoms with Gasteiger partial charge in [-0.15, -0.1) is 0 Å². The van der Waals surface area contributed by atoms with Gasteiger partial charge >= 0.3 is 0 Å². The molecule has 0 bridgehead atoms. The standard InChI is InChI=1S/C23H26N4O2/c1-3-18-8-4-6-14-26(18)23(29)20-19-9-5-7-15-27(19)21(25-20)22(28)24-17-12-10-16(2)11-13-17/h5,7,9-13,15,18H,3-4,6,8,14H2,1-2H3,(H,24,28). The third-order valence-electron chi connectivity index (χ3n) is 5.62. The van der Waals surface area contributed by atoms with E-state index in [1.165, 1.54) is 0 Å². The van der Waals surface area contributed by atoms with Gasteiger partial charge in [-0.05, 0) is 56.9 Å². The molecule has 150 valence electrons. The lowest BCUT2D eigenvalue weighted by molar-refractivity contribution is 0.0604. The number of aryl methyl sites for hydroxylation is 1. The SMILES string of the molecule is CCC1CCCCN1C(=O)c1nc(C(=O)Nc2ccc(C)cc2)n2ccccc12. The zero-order valence-corrected chi connectivity index (χ0v) is 16.9. The molecule has 4 rings (SSSR count). The van der Waals surface area contributed by atoms with E-state index in [2.05, 4.69) is 17.2 Å². The molecule has 1 unspecified atom stereocenters. The highest BCUT2D eigenvalue weighted by Gasteiger charge is 2.30. The average Bonchev–Trinajstić information content (AvgIpc) is 3.14. The first-order valence-electron chi connectivity index (χ1n) is 10.2. The van der Waals surface area contributed by atoms with Crippen molar-refractivity contribution in [2.45, 2.75) is 45.6 Å². The van der Waals surface area contributed by atoms with Crippen LogP contribution in [0, 0.1) is 6.92 Å². The minimum Gasteiger partial charge on any atom is -0.334 e. The summed E-state index contributed by atoms with van der Waals surface area (Å²) in [4.78, 5) is 32.7. The number of imidazole rings is 1. The summed E-state index contributed by atoms with van der Waals surface area (Å²) in [6.07, 6.45) is 5.88. The number of anilines is 1. The molecule has 3 heterocycles. The smallest absolute Gasteiger partial charge is 0.292 e. The fourth-order valence-corrected chi connectivity index (χ4v) is 4.01. The molecule has 0 spiro atoms. The van der Waals surface area contributed by atoms with E-state index in [-0.39, 0.29) is 23.7 Å². The third kappa shape index (κ3) is 3.75. The number of fused-ring (bicyclic) bond motifs is 1. The molecule has 0 aliphatic carbocycles. The number of hydrogen-bond acceptors (Lipinski definition) is 3. The number of aromatic nitrogens is 2. The number of nitrogens with one attached hydrogen (secondary N) is 1. The lowest BCUT2D eigenvalue weighted by Gasteiger charge is -2.34. The van der Waals surface area contributed by atoms with Crippen LogP contribution in [-0.4, -0.2) is 38.7 Å². The Hall–Kier alpha value is -3.15. The van der Waals surface area contributed by atoms with Gasteiger partial charge in [-0.25, -0.2) is 4.98 Å². The maximum Gasteiger partial charge on any atom is 0.292 e. The number of amides is 2. The van der Waals surface area contributed by atoms with Crippen molar-refractivity contribution >= 4 is 23.0 Å². The van der Waals surface area contributed by atoms with Crippen molar-refractivity contribution in [1.82, 2.24) is 14.3 Å². The van der Waals surface area contributed by atoms with Crippen LogP contribution >= 0.6 is 0 Å². The fraction of sp³-hybridized carbons (Fsp3) is 0.348. The van der Waals surface area contributed by atoms with Crippen LogP contribution in [0.1, 0.15) is 59.3 Å². The summed E-state index contributed by atoms with van der Waals surface area (Å²) in [5, 5.41) is 2.88. The number of piperidine rings is 1. The molecule has 0 radical (unpaired) electrons. The number of carbonyl (C=O) groups excluding carboxylic acids is 2. The predicted molar refractivity (Wildman–Crippen MR) is 113 cm³/mol. The second-order valence-electron chi connectivity index (χ2n) is 7.62. The molecular formula is C23H26N4O2. The van der Waals surface area contributed by atoms with E-state index >= 15 is 0 Å². The lowest BCUT2D eigenvalue weighted by atomic mass is 9.99. The molecule has 1 saturated heterocycles. The fourth-order valence-electron chi connectivity index (χ4n) is 4.01. The van der Waals surface area contributed by atoms with Crippen LogP contribution in [0.2, 0.25) is 0 Å². The summed E-state index contributed by atoms with van der Waals surface area (Å²) in [6.45, 7) is 4.85. The topological polar surface area (TPSA) is 66.7 Å². The van der Waals surface area contributed by atoms with Gasteiger partial charge in [0.2, 0.25) is 5.82 Å². The maximum absolute atomic E-state index is 13.3. The van der Waals surface area contributed by atoms with Crippen LogP contribution in [0.5, 0.6) is 0 Å². The number of nitrogens with zero attached hydrogens (tertiary/aromatic N) is 3. The van der Waals surface area contributed by atoms with Crippen LogP contribution in [0.4, 0.5) is 5.69 Å². The number of carbonyl (C=O) groups is 2. The minimum atomic E-state index is -0.334. The van der Waals surface area contributed by atoms with Gasteiger partial charge < -0.3 is 10.2 Å². The molecule has 2 amide bonds. The molecule has 1 aliphatic rings. The number of rotatable bonds is 4. The molecule has 3 aromatic rings. The number of pyridine rings is 1. The summed E-state index contributed by atoms with van der Waals surface area (Å²) < 4.78 is 1.70. The summed E-state index contributed by atoms with van der Waals surface area (Å²) in [5.41, 5.74) is 2.82. The highest BCUT2D eigenvalue weighted by Crippen LogP contribution is 2.24. The van der Waals surface area contributed by atoms with E-state index in [1.807, 2.05) is 54.3 Å². The van der Waals surface area contributed by atoms with Crippen LogP contribution < -0.4 is 5.32 Å². The molecule has 1 aromatic carbocycles. The van der Waals surface area contributed by atoms with Gasteiger partial charge in [-0.3, -0.25) is 14.0 Å². The highest BCUT2D eigenvalue weighted by atomic mass is 16.2. The summed E-state index contributed by atoms with van der Waals surface area (Å²) in [6, 6.07) is 13.4. The largest absolute Gasteiger partial charge is 0.334 e. The van der Waals surface area contributed by atoms with E-state index < -0.39 is 0 Å². The third-order valence-corrected chi connectivity index (χ3v) is 5.62. The molecular weight excluding hydrogens is 364 g/mol. The lowest BCUT2D eigenvalue weighted by Crippen LogP contribution is -2.43. The van der Waals surface area contributed by atoms with E-state index in [0.717, 1.165) is 37.8 Å². The normalized spacial score (nSPS) is 16.8. The monoisotopic (exact) mass is 390 g/mol. The van der Waals surface area contributed by atoms with Gasteiger partial charge in [-0.1, -0.05) is 30.7 Å². The molecule has 6 nitrogen and oxygen atoms in total. The van der Waals surface area contributed by atoms with Crippen molar-refractivity contribution in [3.63, 3.8) is 0 Å². The first-order valence-corrected chi connectivity index (χ1v) is 10.2. The first-order chi connectivity index (χ1) is 14.1. The van der Waals surface area contributed by atoms with Crippen molar-refractivity contribution < 1.29 is 9.59 Å². The Morgan fingerprint density at radius 1 is 1.14 bits per heavy atom. The zero-order chi connectivity index (χ0) is 20.4. The van der Waals surface area contributed by atoms with Crippen LogP contribution in [0.3, 0.4) is 0 Å². The van der Waals surface area contributed by atoms with E-state index in [1.54, 1.807) is 10.6 Å². The van der Waals surface area contributed by atoms with Crippen molar-refractivity contribution in [3.8, 4) is 0 Å². The molecule has 29 heavy (non-hydrogen) atoms. The quantitative estimate of drug-likeness (QED) is 0.722. The summed E-state index contributed by atoms with van der Waals surface area (Å²) >= 11 is 0. The Kier molecular flexibility index (Phi) is 5.34. The second kappa shape index (κ2) is 8.07. The summed E-state index contributed by atoms with van der Waals surface area (Å²) in [7, 11) is 0. The van der Waals surface area contributed by atoms with Crippen LogP contribution in [-0.2, 0) is 0 Å². The first kappa shape index (κ1) is 19.2. The predicted octanol–water partition coefficient (Wildman–Crippen LogP) is 4.30. The van der Waals surface area contributed by atoms with E-state index in [9.17, 15) is 9.59 Å². The molecule has 2 aromatic heterocycles. The molecule has 1 aliphatic heterocycles. The Balaban J connectivity index is 1.68. The van der Waals surface area contributed by atoms with Gasteiger partial charge in [0.1, 0.15) is 0 Å². The number of hydrogen-bond donors (Lipinski definition) is 1. The molecule has 1 fully saturated rings. The van der Waals surface area contributed by atoms with Crippen LogP contribution in [0.15, 0.2) is 48.7 Å². The second-order valence-corrected chi connectivity index (χ2v) is 7.62. The van der Waals surface area contributed by atoms with E-state index in [4.69, 9.17) is 0 Å². The maximum atomic E-state index is 13.3. The van der Waals surface area contributed by atoms with Gasteiger partial charge in [0.15, 0.2) is 5.69 Å². The van der Waals surface area contributed by atoms with Gasteiger partial charge in [0, 0.05) is 24.5 Å². The molecule has 1 N–H and O–H groups in total. The zero-order valence-electron chi connectivity index (χ0n) is 16.9. The Labute approximate surface area is 170 Å². The Morgan fingerprint density at radius 3 is 2.69 bits per heavy atom. The van der Waals surface area contributed by atoms with E-state index in [0.29, 0.717) is 16.9 Å². The van der Waals surface area contributed by atoms with Crippen molar-refractivity contribution in [2.75, 3.05) is 11.9 Å². The number of benzene rings is 1. The Bertz CT molecular complexity index is 1040. The average molecular weight is 390 g/mol. The molecule has 6 heteroatoms. The van der Waals surface area contributed by atoms with Crippen LogP contribution in [0.25, 0.3) is 5.52 Å². The van der Waals surface area contributed by atoms with Gasteiger partial charge in [0.25, 0.3) is 11.8 Å². The van der Waals surface area contributed by atoms with Gasteiger partial charge in [0.05, 0.1) is 5.52 Å². The number of likely N-dealkylation sites (tertiary alicyclic amines) is 1. The minimum absolute atomic E-state index is 0.0883. The van der Waals surface area contributed by atoms with Gasteiger partial charge in [-0.2, -0.15) is 0 Å². The highest BCUT2D eigenvalue weighted by molar-refractivity contribution is 6.06. The van der Waals surface area contributed by atoms with Crippen molar-refractivity contribution in [1.29, 1.82) is 0 Å². The Morgan fingerprint density at radius 2 is 1.93 bits per heavy atom. The molecule has 1 atom stereocenters. The summed E-state index contributed by atoms with van der Waals surface area (Å²) in [5.74, 6) is -0.205.